The van der Waals surface area contributed by atoms with Gasteiger partial charge in [0.1, 0.15) is 5.16 Å². The van der Waals surface area contributed by atoms with Gasteiger partial charge in [-0.2, -0.15) is 0 Å². The zero-order valence-corrected chi connectivity index (χ0v) is 5.57. The van der Waals surface area contributed by atoms with Gasteiger partial charge in [0.05, 0.1) is 0 Å². The second-order valence-electron chi connectivity index (χ2n) is 1.76. The Morgan fingerprint density at radius 3 is 2.88 bits per heavy atom. The van der Waals surface area contributed by atoms with Crippen molar-refractivity contribution in [3.63, 3.8) is 0 Å². The van der Waals surface area contributed by atoms with Crippen LogP contribution in [0.1, 0.15) is 19.8 Å². The molecular weight excluding hydrogens is 122 g/mol. The molecule has 0 aromatic carbocycles. The van der Waals surface area contributed by atoms with E-state index in [1.54, 1.807) is 0 Å². The monoisotopic (exact) mass is 129 g/mol. The van der Waals surface area contributed by atoms with Crippen LogP contribution in [0.3, 0.4) is 0 Å². The molecule has 0 saturated carbocycles. The van der Waals surface area contributed by atoms with Crippen LogP contribution in [0.4, 0.5) is 0 Å². The molecule has 0 bridgehead atoms. The van der Waals surface area contributed by atoms with Crippen molar-refractivity contribution in [2.45, 2.75) is 19.8 Å². The van der Waals surface area contributed by atoms with Gasteiger partial charge in [0, 0.05) is 12.1 Å². The SMILES string of the molecule is CCC1=NC(Cl)=CC1. The second kappa shape index (κ2) is 2.31. The van der Waals surface area contributed by atoms with Gasteiger partial charge in [-0.1, -0.05) is 18.5 Å². The molecule has 0 atom stereocenters. The standard InChI is InChI=1S/C6H8ClN/c1-2-5-3-4-6(7)8-5/h4H,2-3H2,1H3. The van der Waals surface area contributed by atoms with Crippen LogP contribution in [0.5, 0.6) is 0 Å². The second-order valence-corrected chi connectivity index (χ2v) is 2.15. The molecule has 1 heterocycles. The van der Waals surface area contributed by atoms with Gasteiger partial charge in [0.15, 0.2) is 0 Å². The zero-order valence-electron chi connectivity index (χ0n) is 4.82. The largest absolute Gasteiger partial charge is 0.246 e. The smallest absolute Gasteiger partial charge is 0.125 e. The van der Waals surface area contributed by atoms with Gasteiger partial charge in [0.2, 0.25) is 0 Å². The molecule has 0 aromatic rings. The zero-order chi connectivity index (χ0) is 5.98. The van der Waals surface area contributed by atoms with Crippen LogP contribution in [0.15, 0.2) is 16.2 Å². The molecule has 0 amide bonds. The number of hydrogen-bond acceptors (Lipinski definition) is 1. The lowest BCUT2D eigenvalue weighted by molar-refractivity contribution is 1.24. The van der Waals surface area contributed by atoms with E-state index < -0.39 is 0 Å². The van der Waals surface area contributed by atoms with Crippen LogP contribution in [0, 0.1) is 0 Å². The van der Waals surface area contributed by atoms with E-state index in [-0.39, 0.29) is 0 Å². The van der Waals surface area contributed by atoms with Crippen molar-refractivity contribution >= 4 is 17.3 Å². The highest BCUT2D eigenvalue weighted by Gasteiger charge is 2.01. The summed E-state index contributed by atoms with van der Waals surface area (Å²) in [4.78, 5) is 4.05. The van der Waals surface area contributed by atoms with Gasteiger partial charge in [0.25, 0.3) is 0 Å². The number of rotatable bonds is 1. The summed E-state index contributed by atoms with van der Waals surface area (Å²) in [5, 5.41) is 0.654. The van der Waals surface area contributed by atoms with Gasteiger partial charge in [-0.25, -0.2) is 4.99 Å². The third kappa shape index (κ3) is 1.10. The molecule has 0 fully saturated rings. The lowest BCUT2D eigenvalue weighted by Gasteiger charge is -1.86. The summed E-state index contributed by atoms with van der Waals surface area (Å²) < 4.78 is 0. The van der Waals surface area contributed by atoms with Crippen molar-refractivity contribution in [2.24, 2.45) is 4.99 Å². The van der Waals surface area contributed by atoms with Crippen molar-refractivity contribution in [2.75, 3.05) is 0 Å². The first-order chi connectivity index (χ1) is 3.83. The molecule has 0 N–H and O–H groups in total. The van der Waals surface area contributed by atoms with Crippen molar-refractivity contribution in [1.29, 1.82) is 0 Å². The van der Waals surface area contributed by atoms with Crippen molar-refractivity contribution < 1.29 is 0 Å². The molecule has 1 aliphatic rings. The maximum atomic E-state index is 5.56. The highest BCUT2D eigenvalue weighted by atomic mass is 35.5. The predicted octanol–water partition coefficient (Wildman–Crippen LogP) is 2.32. The third-order valence-electron chi connectivity index (χ3n) is 1.18. The van der Waals surface area contributed by atoms with E-state index in [1.807, 2.05) is 6.08 Å². The van der Waals surface area contributed by atoms with E-state index in [1.165, 1.54) is 5.71 Å². The molecule has 0 aliphatic carbocycles. The molecule has 0 aromatic heterocycles. The first-order valence-corrected chi connectivity index (χ1v) is 3.13. The lowest BCUT2D eigenvalue weighted by Crippen LogP contribution is -1.86. The van der Waals surface area contributed by atoms with Gasteiger partial charge in [-0.15, -0.1) is 0 Å². The number of nitrogens with zero attached hydrogens (tertiary/aromatic N) is 1. The van der Waals surface area contributed by atoms with Gasteiger partial charge in [-0.05, 0) is 12.5 Å². The maximum Gasteiger partial charge on any atom is 0.125 e. The summed E-state index contributed by atoms with van der Waals surface area (Å²) in [5.74, 6) is 0. The Morgan fingerprint density at radius 2 is 2.62 bits per heavy atom. The summed E-state index contributed by atoms with van der Waals surface area (Å²) >= 11 is 5.56. The van der Waals surface area contributed by atoms with Crippen molar-refractivity contribution in [3.05, 3.63) is 11.2 Å². The van der Waals surface area contributed by atoms with Crippen molar-refractivity contribution in [1.82, 2.24) is 0 Å². The number of halogens is 1. The van der Waals surface area contributed by atoms with Crippen LogP contribution in [-0.2, 0) is 0 Å². The Kier molecular flexibility index (Phi) is 1.69. The minimum Gasteiger partial charge on any atom is -0.246 e. The highest BCUT2D eigenvalue weighted by molar-refractivity contribution is 6.30. The van der Waals surface area contributed by atoms with Crippen LogP contribution < -0.4 is 0 Å². The Balaban J connectivity index is 2.56. The number of aliphatic imine (C=N–C) groups is 1. The Hall–Kier alpha value is -0.300. The van der Waals surface area contributed by atoms with E-state index in [9.17, 15) is 0 Å². The van der Waals surface area contributed by atoms with Gasteiger partial charge < -0.3 is 0 Å². The molecule has 1 nitrogen and oxygen atoms in total. The van der Waals surface area contributed by atoms with Crippen molar-refractivity contribution in [3.8, 4) is 0 Å². The fourth-order valence-corrected chi connectivity index (χ4v) is 0.864. The first-order valence-electron chi connectivity index (χ1n) is 2.75. The minimum atomic E-state index is 0.654. The van der Waals surface area contributed by atoms with E-state index >= 15 is 0 Å². The Morgan fingerprint density at radius 1 is 1.88 bits per heavy atom. The van der Waals surface area contributed by atoms with Crippen LogP contribution >= 0.6 is 11.6 Å². The normalized spacial score (nSPS) is 18.2. The molecule has 0 spiro atoms. The topological polar surface area (TPSA) is 12.4 Å². The molecule has 8 heavy (non-hydrogen) atoms. The molecule has 0 radical (unpaired) electrons. The fraction of sp³-hybridized carbons (Fsp3) is 0.500. The molecule has 0 unspecified atom stereocenters. The highest BCUT2D eigenvalue weighted by Crippen LogP contribution is 2.14. The average molecular weight is 130 g/mol. The number of hydrogen-bond donors (Lipinski definition) is 0. The molecule has 2 heteroatoms. The summed E-state index contributed by atoms with van der Waals surface area (Å²) in [5.41, 5.74) is 1.19. The van der Waals surface area contributed by atoms with Crippen LogP contribution in [0.25, 0.3) is 0 Å². The van der Waals surface area contributed by atoms with E-state index in [0.29, 0.717) is 5.16 Å². The predicted molar refractivity (Wildman–Crippen MR) is 36.3 cm³/mol. The molecule has 0 saturated heterocycles. The van der Waals surface area contributed by atoms with E-state index in [4.69, 9.17) is 11.6 Å². The Labute approximate surface area is 54.1 Å². The lowest BCUT2D eigenvalue weighted by atomic mass is 10.2. The average Bonchev–Trinajstić information content (AvgIpc) is 2.14. The van der Waals surface area contributed by atoms with Crippen LogP contribution in [-0.4, -0.2) is 5.71 Å². The first kappa shape index (κ1) is 5.83. The third-order valence-corrected chi connectivity index (χ3v) is 1.42. The summed E-state index contributed by atoms with van der Waals surface area (Å²) in [7, 11) is 0. The molecule has 1 aliphatic heterocycles. The number of allylic oxidation sites excluding steroid dienone is 1. The summed E-state index contributed by atoms with van der Waals surface area (Å²) in [6.07, 6.45) is 3.91. The fourth-order valence-electron chi connectivity index (χ4n) is 0.668. The summed E-state index contributed by atoms with van der Waals surface area (Å²) in [6, 6.07) is 0. The quantitative estimate of drug-likeness (QED) is 0.482. The minimum absolute atomic E-state index is 0.654. The maximum absolute atomic E-state index is 5.56. The summed E-state index contributed by atoms with van der Waals surface area (Å²) in [6.45, 7) is 2.09. The molecule has 1 rings (SSSR count). The van der Waals surface area contributed by atoms with E-state index in [0.717, 1.165) is 12.8 Å². The Bertz CT molecular complexity index is 147. The van der Waals surface area contributed by atoms with E-state index in [2.05, 4.69) is 11.9 Å². The van der Waals surface area contributed by atoms with Gasteiger partial charge >= 0.3 is 0 Å². The van der Waals surface area contributed by atoms with Gasteiger partial charge in [-0.3, -0.25) is 0 Å². The molecule has 44 valence electrons. The van der Waals surface area contributed by atoms with Crippen LogP contribution in [0.2, 0.25) is 0 Å². The molecular formula is C6H8ClN.